The summed E-state index contributed by atoms with van der Waals surface area (Å²) in [6.45, 7) is 2.49. The third-order valence-electron chi connectivity index (χ3n) is 6.97. The van der Waals surface area contributed by atoms with Crippen LogP contribution in [-0.2, 0) is 24.4 Å². The van der Waals surface area contributed by atoms with Crippen molar-refractivity contribution in [1.29, 1.82) is 0 Å². The zero-order valence-corrected chi connectivity index (χ0v) is 21.7. The van der Waals surface area contributed by atoms with Crippen LogP contribution in [-0.4, -0.2) is 46.3 Å². The minimum Gasteiger partial charge on any atom is -0.493 e. The van der Waals surface area contributed by atoms with Crippen LogP contribution in [0.1, 0.15) is 28.5 Å². The smallest absolute Gasteiger partial charge is 0.273 e. The molecule has 3 aromatic carbocycles. The largest absolute Gasteiger partial charge is 0.493 e. The van der Waals surface area contributed by atoms with Gasteiger partial charge in [0.2, 0.25) is 5.91 Å². The molecule has 1 atom stereocenters. The number of carbonyl (C=O) groups is 2. The molecular formula is C30H30N4O4. The van der Waals surface area contributed by atoms with Crippen molar-refractivity contribution in [3.05, 3.63) is 102 Å². The quantitative estimate of drug-likeness (QED) is 0.382. The van der Waals surface area contributed by atoms with Gasteiger partial charge in [-0.3, -0.25) is 14.3 Å². The Morgan fingerprint density at radius 2 is 1.68 bits per heavy atom. The summed E-state index contributed by atoms with van der Waals surface area (Å²) in [6, 6.07) is 26.7. The van der Waals surface area contributed by atoms with Gasteiger partial charge in [-0.25, -0.2) is 0 Å². The maximum Gasteiger partial charge on any atom is 0.273 e. The standard InChI is InChI=1S/C30H30N4O4/c1-30(29(36)31-18-21-11-6-4-7-12-21)20-34-25(17-24(32-34)22-13-8-5-9-14-22)28(35)33(30)19-23-15-10-16-26(37-2)27(23)38-3/h4-17H,18-20H2,1-3H3,(H,31,36). The third kappa shape index (κ3) is 4.61. The van der Waals surface area contributed by atoms with Crippen LogP contribution < -0.4 is 14.8 Å². The summed E-state index contributed by atoms with van der Waals surface area (Å²) in [7, 11) is 3.13. The lowest BCUT2D eigenvalue weighted by atomic mass is 9.93. The first kappa shape index (κ1) is 25.1. The number of nitrogens with one attached hydrogen (secondary N) is 1. The number of para-hydroxylation sites is 1. The van der Waals surface area contributed by atoms with Crippen molar-refractivity contribution in [2.45, 2.75) is 32.1 Å². The summed E-state index contributed by atoms with van der Waals surface area (Å²) in [4.78, 5) is 29.4. The van der Waals surface area contributed by atoms with Crippen molar-refractivity contribution >= 4 is 11.8 Å². The zero-order chi connectivity index (χ0) is 26.7. The number of carbonyl (C=O) groups excluding carboxylic acids is 2. The molecule has 1 aliphatic rings. The number of methoxy groups -OCH3 is 2. The van der Waals surface area contributed by atoms with Crippen LogP contribution in [0.5, 0.6) is 11.5 Å². The van der Waals surface area contributed by atoms with E-state index < -0.39 is 5.54 Å². The zero-order valence-electron chi connectivity index (χ0n) is 21.7. The van der Waals surface area contributed by atoms with E-state index in [4.69, 9.17) is 14.6 Å². The van der Waals surface area contributed by atoms with E-state index in [0.29, 0.717) is 29.4 Å². The number of benzene rings is 3. The van der Waals surface area contributed by atoms with Crippen molar-refractivity contribution in [1.82, 2.24) is 20.0 Å². The first-order valence-electron chi connectivity index (χ1n) is 12.4. The molecule has 0 saturated carbocycles. The number of nitrogens with zero attached hydrogens (tertiary/aromatic N) is 3. The Morgan fingerprint density at radius 3 is 2.37 bits per heavy atom. The van der Waals surface area contributed by atoms with Gasteiger partial charge in [-0.15, -0.1) is 0 Å². The van der Waals surface area contributed by atoms with Gasteiger partial charge in [0.1, 0.15) is 11.2 Å². The normalized spacial score (nSPS) is 16.6. The molecule has 0 fully saturated rings. The lowest BCUT2D eigenvalue weighted by molar-refractivity contribution is -0.133. The van der Waals surface area contributed by atoms with Gasteiger partial charge >= 0.3 is 0 Å². The number of ether oxygens (including phenoxy) is 2. The Hall–Kier alpha value is -4.59. The second-order valence-corrected chi connectivity index (χ2v) is 9.42. The van der Waals surface area contributed by atoms with E-state index >= 15 is 0 Å². The molecule has 2 heterocycles. The summed E-state index contributed by atoms with van der Waals surface area (Å²) in [6.07, 6.45) is 0. The Morgan fingerprint density at radius 1 is 0.974 bits per heavy atom. The molecule has 4 aromatic rings. The summed E-state index contributed by atoms with van der Waals surface area (Å²) in [5.74, 6) is 0.534. The lowest BCUT2D eigenvalue weighted by Crippen LogP contribution is -2.63. The first-order valence-corrected chi connectivity index (χ1v) is 12.4. The van der Waals surface area contributed by atoms with E-state index in [1.807, 2.05) is 72.8 Å². The van der Waals surface area contributed by atoms with Crippen molar-refractivity contribution in [2.24, 2.45) is 0 Å². The van der Waals surface area contributed by atoms with Gasteiger partial charge in [0.25, 0.3) is 5.91 Å². The van der Waals surface area contributed by atoms with Crippen LogP contribution in [0.3, 0.4) is 0 Å². The summed E-state index contributed by atoms with van der Waals surface area (Å²) in [5.41, 5.74) is 2.50. The van der Waals surface area contributed by atoms with Crippen LogP contribution in [0.4, 0.5) is 0 Å². The molecule has 1 N–H and O–H groups in total. The second-order valence-electron chi connectivity index (χ2n) is 9.42. The SMILES string of the molecule is COc1cccc(CN2C(=O)c3cc(-c4ccccc4)nn3CC2(C)C(=O)NCc2ccccc2)c1OC. The monoisotopic (exact) mass is 510 g/mol. The fourth-order valence-corrected chi connectivity index (χ4v) is 4.86. The first-order chi connectivity index (χ1) is 18.4. The number of fused-ring (bicyclic) bond motifs is 1. The van der Waals surface area contributed by atoms with Crippen molar-refractivity contribution < 1.29 is 19.1 Å². The number of rotatable bonds is 8. The highest BCUT2D eigenvalue weighted by Gasteiger charge is 2.48. The van der Waals surface area contributed by atoms with E-state index in [1.165, 1.54) is 0 Å². The van der Waals surface area contributed by atoms with E-state index in [0.717, 1.165) is 16.7 Å². The van der Waals surface area contributed by atoms with Crippen LogP contribution in [0.15, 0.2) is 84.9 Å². The van der Waals surface area contributed by atoms with E-state index in [9.17, 15) is 9.59 Å². The van der Waals surface area contributed by atoms with Gasteiger partial charge in [-0.05, 0) is 24.6 Å². The predicted molar refractivity (Wildman–Crippen MR) is 144 cm³/mol. The molecule has 0 aliphatic carbocycles. The molecular weight excluding hydrogens is 480 g/mol. The summed E-state index contributed by atoms with van der Waals surface area (Å²) in [5, 5.41) is 7.75. The van der Waals surface area contributed by atoms with Crippen LogP contribution in [0.2, 0.25) is 0 Å². The molecule has 0 spiro atoms. The number of hydrogen-bond donors (Lipinski definition) is 1. The van der Waals surface area contributed by atoms with Crippen molar-refractivity contribution in [3.8, 4) is 22.8 Å². The summed E-state index contributed by atoms with van der Waals surface area (Å²) >= 11 is 0. The minimum absolute atomic E-state index is 0.153. The average molecular weight is 511 g/mol. The maximum absolute atomic E-state index is 14.0. The highest BCUT2D eigenvalue weighted by Crippen LogP contribution is 2.36. The Kier molecular flexibility index (Phi) is 6.87. The maximum atomic E-state index is 14.0. The second kappa shape index (κ2) is 10.4. The Bertz CT molecular complexity index is 1450. The molecule has 38 heavy (non-hydrogen) atoms. The highest BCUT2D eigenvalue weighted by atomic mass is 16.5. The van der Waals surface area contributed by atoms with E-state index in [2.05, 4.69) is 5.32 Å². The van der Waals surface area contributed by atoms with Gasteiger partial charge in [0, 0.05) is 17.7 Å². The highest BCUT2D eigenvalue weighted by molar-refractivity contribution is 6.00. The van der Waals surface area contributed by atoms with Crippen molar-refractivity contribution in [3.63, 3.8) is 0 Å². The van der Waals surface area contributed by atoms with Gasteiger partial charge in [0.15, 0.2) is 11.5 Å². The molecule has 0 radical (unpaired) electrons. The number of aromatic nitrogens is 2. The molecule has 1 aliphatic heterocycles. The molecule has 0 bridgehead atoms. The molecule has 0 saturated heterocycles. The Labute approximate surface area is 221 Å². The van der Waals surface area contributed by atoms with Gasteiger partial charge in [0.05, 0.1) is 33.0 Å². The molecule has 8 heteroatoms. The lowest BCUT2D eigenvalue weighted by Gasteiger charge is -2.43. The molecule has 8 nitrogen and oxygen atoms in total. The van der Waals surface area contributed by atoms with E-state index in [1.54, 1.807) is 42.9 Å². The fourth-order valence-electron chi connectivity index (χ4n) is 4.86. The predicted octanol–water partition coefficient (Wildman–Crippen LogP) is 4.30. The average Bonchev–Trinajstić information content (AvgIpc) is 3.38. The number of hydrogen-bond acceptors (Lipinski definition) is 5. The topological polar surface area (TPSA) is 85.7 Å². The molecule has 194 valence electrons. The fraction of sp³-hybridized carbons (Fsp3) is 0.233. The number of amides is 2. The molecule has 1 unspecified atom stereocenters. The van der Waals surface area contributed by atoms with Gasteiger partial charge < -0.3 is 19.7 Å². The minimum atomic E-state index is -1.22. The Balaban J connectivity index is 1.54. The van der Waals surface area contributed by atoms with Crippen LogP contribution in [0.25, 0.3) is 11.3 Å². The molecule has 1 aromatic heterocycles. The van der Waals surface area contributed by atoms with Gasteiger partial charge in [-0.2, -0.15) is 5.10 Å². The van der Waals surface area contributed by atoms with Gasteiger partial charge in [-0.1, -0.05) is 72.8 Å². The third-order valence-corrected chi connectivity index (χ3v) is 6.97. The van der Waals surface area contributed by atoms with Crippen LogP contribution >= 0.6 is 0 Å². The van der Waals surface area contributed by atoms with Crippen LogP contribution in [0, 0.1) is 0 Å². The molecule has 2 amide bonds. The molecule has 5 rings (SSSR count). The summed E-state index contributed by atoms with van der Waals surface area (Å²) < 4.78 is 12.7. The van der Waals surface area contributed by atoms with Crippen molar-refractivity contribution in [2.75, 3.05) is 14.2 Å². The van der Waals surface area contributed by atoms with E-state index in [-0.39, 0.29) is 24.9 Å².